The maximum atomic E-state index is 14.1. The quantitative estimate of drug-likeness (QED) is 0.801. The standard InChI is InChI=1S/C13H13BrFNO5S/c14-8-3-1-2-6(10(8)15)4-9-12-11(20-22(19)21-12)7(5-16-9)13(17)18/h1-3,7,9,11-12,16H,4-5H2,(H,17,18)/t7?,9-,11+,12-,22?/m1/s1. The van der Waals surface area contributed by atoms with Gasteiger partial charge in [0.25, 0.3) is 0 Å². The molecule has 22 heavy (non-hydrogen) atoms. The molecule has 5 atom stereocenters. The molecule has 2 saturated heterocycles. The molecule has 3 rings (SSSR count). The van der Waals surface area contributed by atoms with E-state index in [-0.39, 0.29) is 24.8 Å². The molecule has 0 spiro atoms. The number of halogens is 2. The van der Waals surface area contributed by atoms with Crippen LogP contribution in [0.5, 0.6) is 0 Å². The largest absolute Gasteiger partial charge is 0.481 e. The fourth-order valence-electron chi connectivity index (χ4n) is 2.78. The fraction of sp³-hybridized carbons (Fsp3) is 0.462. The maximum Gasteiger partial charge on any atom is 0.310 e. The highest BCUT2D eigenvalue weighted by Crippen LogP contribution is 2.32. The van der Waals surface area contributed by atoms with Crippen molar-refractivity contribution in [3.8, 4) is 0 Å². The van der Waals surface area contributed by atoms with E-state index in [2.05, 4.69) is 21.2 Å². The van der Waals surface area contributed by atoms with Crippen LogP contribution in [0.4, 0.5) is 4.39 Å². The first-order valence-corrected chi connectivity index (χ1v) is 8.42. The molecular formula is C13H13BrFNO5S. The second-order valence-corrected chi connectivity index (χ2v) is 6.85. The minimum Gasteiger partial charge on any atom is -0.481 e. The van der Waals surface area contributed by atoms with Crippen LogP contribution in [0.2, 0.25) is 0 Å². The van der Waals surface area contributed by atoms with Gasteiger partial charge in [0.05, 0.1) is 10.4 Å². The average Bonchev–Trinajstić information content (AvgIpc) is 2.85. The maximum absolute atomic E-state index is 14.1. The predicted molar refractivity (Wildman–Crippen MR) is 78.6 cm³/mol. The summed E-state index contributed by atoms with van der Waals surface area (Å²) in [5, 5.41) is 12.2. The van der Waals surface area contributed by atoms with Crippen molar-refractivity contribution in [3.05, 3.63) is 34.1 Å². The van der Waals surface area contributed by atoms with E-state index in [9.17, 15) is 18.5 Å². The summed E-state index contributed by atoms with van der Waals surface area (Å²) >= 11 is 1.15. The van der Waals surface area contributed by atoms with Gasteiger partial charge in [-0.3, -0.25) is 13.2 Å². The lowest BCUT2D eigenvalue weighted by Gasteiger charge is -2.35. The summed E-state index contributed by atoms with van der Waals surface area (Å²) < 4.78 is 36.2. The van der Waals surface area contributed by atoms with Crippen LogP contribution in [0, 0.1) is 11.7 Å². The Morgan fingerprint density at radius 2 is 2.18 bits per heavy atom. The van der Waals surface area contributed by atoms with Gasteiger partial charge in [-0.15, -0.1) is 0 Å². The molecule has 0 aromatic heterocycles. The molecule has 9 heteroatoms. The van der Waals surface area contributed by atoms with Crippen molar-refractivity contribution in [2.45, 2.75) is 24.7 Å². The first kappa shape index (κ1) is 16.0. The average molecular weight is 394 g/mol. The van der Waals surface area contributed by atoms with Gasteiger partial charge in [-0.1, -0.05) is 12.1 Å². The molecule has 0 bridgehead atoms. The fourth-order valence-corrected chi connectivity index (χ4v) is 4.08. The zero-order valence-electron chi connectivity index (χ0n) is 11.2. The molecule has 2 heterocycles. The monoisotopic (exact) mass is 393 g/mol. The van der Waals surface area contributed by atoms with Gasteiger partial charge >= 0.3 is 17.3 Å². The molecule has 2 fully saturated rings. The Hall–Kier alpha value is -0.870. The first-order chi connectivity index (χ1) is 10.5. The molecule has 1 aromatic rings. The van der Waals surface area contributed by atoms with Gasteiger partial charge in [0.1, 0.15) is 18.0 Å². The van der Waals surface area contributed by atoms with E-state index in [0.29, 0.717) is 10.0 Å². The number of nitrogens with one attached hydrogen (secondary N) is 1. The Balaban J connectivity index is 1.82. The van der Waals surface area contributed by atoms with E-state index >= 15 is 0 Å². The number of carboxylic acid groups (broad SMARTS) is 1. The number of rotatable bonds is 3. The Morgan fingerprint density at radius 3 is 2.91 bits per heavy atom. The van der Waals surface area contributed by atoms with Crippen molar-refractivity contribution < 1.29 is 26.9 Å². The molecule has 2 aliphatic heterocycles. The predicted octanol–water partition coefficient (Wildman–Crippen LogP) is 1.17. The van der Waals surface area contributed by atoms with Gasteiger partial charge in [-0.25, -0.2) is 4.39 Å². The van der Waals surface area contributed by atoms with Gasteiger partial charge in [0, 0.05) is 12.6 Å². The van der Waals surface area contributed by atoms with Crippen LogP contribution in [0.25, 0.3) is 0 Å². The number of carbonyl (C=O) groups is 1. The van der Waals surface area contributed by atoms with Crippen LogP contribution >= 0.6 is 15.9 Å². The minimum absolute atomic E-state index is 0.150. The number of fused-ring (bicyclic) bond motifs is 1. The third-order valence-corrected chi connectivity index (χ3v) is 5.26. The van der Waals surface area contributed by atoms with Crippen molar-refractivity contribution in [3.63, 3.8) is 0 Å². The van der Waals surface area contributed by atoms with Gasteiger partial charge in [0.15, 0.2) is 0 Å². The number of hydrogen-bond acceptors (Lipinski definition) is 5. The van der Waals surface area contributed by atoms with Crippen molar-refractivity contribution >= 4 is 33.3 Å². The first-order valence-electron chi connectivity index (χ1n) is 6.62. The summed E-state index contributed by atoms with van der Waals surface area (Å²) in [5.41, 5.74) is 0.459. The summed E-state index contributed by atoms with van der Waals surface area (Å²) in [5.74, 6) is -2.27. The normalized spacial score (nSPS) is 34.4. The van der Waals surface area contributed by atoms with Gasteiger partial charge in [-0.2, -0.15) is 4.21 Å². The minimum atomic E-state index is -1.97. The number of carboxylic acids is 1. The lowest BCUT2D eigenvalue weighted by Crippen LogP contribution is -2.58. The second-order valence-electron chi connectivity index (χ2n) is 5.20. The molecule has 6 nitrogen and oxygen atoms in total. The molecule has 2 aliphatic rings. The third kappa shape index (κ3) is 2.95. The smallest absolute Gasteiger partial charge is 0.310 e. The molecule has 120 valence electrons. The van der Waals surface area contributed by atoms with Crippen LogP contribution in [0.15, 0.2) is 22.7 Å². The highest BCUT2D eigenvalue weighted by molar-refractivity contribution is 9.10. The Kier molecular flexibility index (Phi) is 4.60. The summed E-state index contributed by atoms with van der Waals surface area (Å²) in [4.78, 5) is 11.2. The highest BCUT2D eigenvalue weighted by Gasteiger charge is 2.50. The van der Waals surface area contributed by atoms with Crippen molar-refractivity contribution in [1.82, 2.24) is 5.32 Å². The van der Waals surface area contributed by atoms with E-state index in [1.54, 1.807) is 18.2 Å². The SMILES string of the molecule is O=C(O)C1CN[C@H](Cc2cccc(Br)c2F)[C@H]2OS(=O)O[C@@H]12. The lowest BCUT2D eigenvalue weighted by atomic mass is 9.86. The molecule has 0 amide bonds. The topological polar surface area (TPSA) is 84.9 Å². The summed E-state index contributed by atoms with van der Waals surface area (Å²) in [7, 11) is 0. The van der Waals surface area contributed by atoms with Crippen molar-refractivity contribution in [1.29, 1.82) is 0 Å². The van der Waals surface area contributed by atoms with Crippen LogP contribution in [-0.4, -0.2) is 40.1 Å². The Bertz CT molecular complexity index is 630. The zero-order valence-corrected chi connectivity index (χ0v) is 13.6. The van der Waals surface area contributed by atoms with E-state index in [4.69, 9.17) is 8.37 Å². The summed E-state index contributed by atoms with van der Waals surface area (Å²) in [6.07, 6.45) is -1.23. The molecule has 2 unspecified atom stereocenters. The number of piperidine rings is 1. The summed E-state index contributed by atoms with van der Waals surface area (Å²) in [6.45, 7) is 0.150. The third-order valence-electron chi connectivity index (χ3n) is 3.88. The number of benzene rings is 1. The summed E-state index contributed by atoms with van der Waals surface area (Å²) in [6, 6.07) is 4.58. The van der Waals surface area contributed by atoms with E-state index in [0.717, 1.165) is 0 Å². The van der Waals surface area contributed by atoms with Crippen LogP contribution in [-0.2, 0) is 30.9 Å². The van der Waals surface area contributed by atoms with Gasteiger partial charge in [0.2, 0.25) is 0 Å². The Labute approximate surface area is 137 Å². The van der Waals surface area contributed by atoms with Gasteiger partial charge < -0.3 is 10.4 Å². The van der Waals surface area contributed by atoms with Crippen molar-refractivity contribution in [2.24, 2.45) is 5.92 Å². The van der Waals surface area contributed by atoms with Crippen LogP contribution < -0.4 is 5.32 Å². The second kappa shape index (κ2) is 6.32. The zero-order chi connectivity index (χ0) is 15.9. The molecule has 1 aromatic carbocycles. The van der Waals surface area contributed by atoms with Crippen molar-refractivity contribution in [2.75, 3.05) is 6.54 Å². The number of aliphatic carboxylic acids is 1. The van der Waals surface area contributed by atoms with Crippen LogP contribution in [0.1, 0.15) is 5.56 Å². The molecular weight excluding hydrogens is 381 g/mol. The number of hydrogen-bond donors (Lipinski definition) is 2. The van der Waals surface area contributed by atoms with Gasteiger partial charge in [-0.05, 0) is 34.0 Å². The highest BCUT2D eigenvalue weighted by atomic mass is 79.9. The van der Waals surface area contributed by atoms with E-state index < -0.39 is 35.5 Å². The molecule has 2 N–H and O–H groups in total. The lowest BCUT2D eigenvalue weighted by molar-refractivity contribution is -0.147. The van der Waals surface area contributed by atoms with E-state index in [1.807, 2.05) is 0 Å². The molecule has 0 aliphatic carbocycles. The van der Waals surface area contributed by atoms with E-state index in [1.165, 1.54) is 0 Å². The Morgan fingerprint density at radius 1 is 1.45 bits per heavy atom. The van der Waals surface area contributed by atoms with Crippen LogP contribution in [0.3, 0.4) is 0 Å². The molecule has 0 radical (unpaired) electrons. The molecule has 0 saturated carbocycles.